The molecule has 1 aliphatic rings. The van der Waals surface area contributed by atoms with Crippen LogP contribution < -0.4 is 0 Å². The Morgan fingerprint density at radius 1 is 1.53 bits per heavy atom. The number of aliphatic carboxylic acids is 1. The molecule has 1 atom stereocenters. The Labute approximate surface area is 110 Å². The second-order valence-corrected chi connectivity index (χ2v) is 4.61. The van der Waals surface area contributed by atoms with Crippen molar-refractivity contribution in [1.82, 2.24) is 9.88 Å². The van der Waals surface area contributed by atoms with Gasteiger partial charge in [-0.05, 0) is 31.4 Å². The van der Waals surface area contributed by atoms with Crippen molar-refractivity contribution < 1.29 is 19.1 Å². The fourth-order valence-electron chi connectivity index (χ4n) is 2.56. The van der Waals surface area contributed by atoms with Crippen LogP contribution in [0.1, 0.15) is 36.7 Å². The topological polar surface area (TPSA) is 70.5 Å². The van der Waals surface area contributed by atoms with Crippen molar-refractivity contribution in [3.8, 4) is 0 Å². The van der Waals surface area contributed by atoms with Crippen LogP contribution in [0.15, 0.2) is 18.3 Å². The van der Waals surface area contributed by atoms with E-state index in [0.717, 1.165) is 12.3 Å². The van der Waals surface area contributed by atoms with Crippen LogP contribution >= 0.6 is 0 Å². The van der Waals surface area contributed by atoms with Crippen LogP contribution in [0, 0.1) is 5.82 Å². The highest BCUT2D eigenvalue weighted by atomic mass is 19.1. The summed E-state index contributed by atoms with van der Waals surface area (Å²) in [7, 11) is 0. The number of pyridine rings is 1. The molecule has 1 fully saturated rings. The quantitative estimate of drug-likeness (QED) is 0.903. The predicted molar refractivity (Wildman–Crippen MR) is 65.1 cm³/mol. The monoisotopic (exact) mass is 266 g/mol. The van der Waals surface area contributed by atoms with Crippen LogP contribution in [0.5, 0.6) is 0 Å². The molecule has 1 aromatic heterocycles. The molecule has 0 spiro atoms. The van der Waals surface area contributed by atoms with Gasteiger partial charge < -0.3 is 10.0 Å². The van der Waals surface area contributed by atoms with Gasteiger partial charge in [0.25, 0.3) is 5.91 Å². The van der Waals surface area contributed by atoms with Gasteiger partial charge in [-0.15, -0.1) is 0 Å². The van der Waals surface area contributed by atoms with Gasteiger partial charge in [0.2, 0.25) is 0 Å². The number of halogens is 1. The van der Waals surface area contributed by atoms with Crippen molar-refractivity contribution in [2.75, 3.05) is 6.54 Å². The number of carbonyl (C=O) groups is 2. The summed E-state index contributed by atoms with van der Waals surface area (Å²) in [6.07, 6.45) is 2.38. The molecule has 0 aliphatic carbocycles. The molecule has 1 unspecified atom stereocenters. The van der Waals surface area contributed by atoms with Crippen molar-refractivity contribution >= 4 is 11.9 Å². The van der Waals surface area contributed by atoms with Crippen LogP contribution in [0.2, 0.25) is 0 Å². The smallest absolute Gasteiger partial charge is 0.329 e. The summed E-state index contributed by atoms with van der Waals surface area (Å²) in [5.41, 5.74) is -1.09. The van der Waals surface area contributed by atoms with Crippen molar-refractivity contribution in [3.05, 3.63) is 29.8 Å². The first-order chi connectivity index (χ1) is 9.01. The van der Waals surface area contributed by atoms with E-state index < -0.39 is 23.2 Å². The summed E-state index contributed by atoms with van der Waals surface area (Å²) >= 11 is 0. The molecular weight excluding hydrogens is 251 g/mol. The van der Waals surface area contributed by atoms with Gasteiger partial charge in [0.05, 0.1) is 6.20 Å². The highest BCUT2D eigenvalue weighted by molar-refractivity contribution is 5.96. The molecule has 0 bridgehead atoms. The Morgan fingerprint density at radius 3 is 2.79 bits per heavy atom. The normalized spacial score (nSPS) is 22.5. The van der Waals surface area contributed by atoms with Gasteiger partial charge in [-0.1, -0.05) is 6.92 Å². The Kier molecular flexibility index (Phi) is 3.50. The molecule has 5 nitrogen and oxygen atoms in total. The van der Waals surface area contributed by atoms with E-state index in [0.29, 0.717) is 25.8 Å². The van der Waals surface area contributed by atoms with Crippen LogP contribution in [-0.4, -0.2) is 39.0 Å². The van der Waals surface area contributed by atoms with E-state index in [9.17, 15) is 19.1 Å². The second-order valence-electron chi connectivity index (χ2n) is 4.61. The largest absolute Gasteiger partial charge is 0.479 e. The summed E-state index contributed by atoms with van der Waals surface area (Å²) in [4.78, 5) is 28.9. The number of rotatable bonds is 3. The third-order valence-electron chi connectivity index (χ3n) is 3.66. The third kappa shape index (κ3) is 2.18. The standard InChI is InChI=1S/C13H15FN2O3/c1-2-13(12(18)19)6-3-7-16(13)11(17)10-5-4-9(14)8-15-10/h4-5,8H,2-3,6-7H2,1H3,(H,18,19). The molecule has 19 heavy (non-hydrogen) atoms. The van der Waals surface area contributed by atoms with Crippen molar-refractivity contribution in [2.24, 2.45) is 0 Å². The van der Waals surface area contributed by atoms with Crippen LogP contribution in [-0.2, 0) is 4.79 Å². The Bertz CT molecular complexity index is 503. The molecule has 1 amide bonds. The molecule has 1 N–H and O–H groups in total. The molecule has 2 rings (SSSR count). The molecule has 1 aromatic rings. The Balaban J connectivity index is 2.32. The highest BCUT2D eigenvalue weighted by Crippen LogP contribution is 2.33. The van der Waals surface area contributed by atoms with E-state index in [1.54, 1.807) is 6.92 Å². The van der Waals surface area contributed by atoms with E-state index in [2.05, 4.69) is 4.98 Å². The maximum absolute atomic E-state index is 12.8. The Morgan fingerprint density at radius 2 is 2.26 bits per heavy atom. The van der Waals surface area contributed by atoms with Gasteiger partial charge in [0, 0.05) is 6.54 Å². The molecular formula is C13H15FN2O3. The number of hydrogen-bond donors (Lipinski definition) is 1. The van der Waals surface area contributed by atoms with Crippen LogP contribution in [0.25, 0.3) is 0 Å². The summed E-state index contributed by atoms with van der Waals surface area (Å²) in [5.74, 6) is -1.98. The first kappa shape index (κ1) is 13.5. The third-order valence-corrected chi connectivity index (χ3v) is 3.66. The first-order valence-electron chi connectivity index (χ1n) is 6.18. The maximum atomic E-state index is 12.8. The molecule has 1 aliphatic heterocycles. The van der Waals surface area contributed by atoms with Crippen molar-refractivity contribution in [2.45, 2.75) is 31.7 Å². The molecule has 6 heteroatoms. The SMILES string of the molecule is CCC1(C(=O)O)CCCN1C(=O)c1ccc(F)cn1. The Hall–Kier alpha value is -1.98. The van der Waals surface area contributed by atoms with Crippen LogP contribution in [0.3, 0.4) is 0 Å². The lowest BCUT2D eigenvalue weighted by molar-refractivity contribution is -0.148. The number of carbonyl (C=O) groups excluding carboxylic acids is 1. The van der Waals surface area contributed by atoms with Crippen LogP contribution in [0.4, 0.5) is 4.39 Å². The fourth-order valence-corrected chi connectivity index (χ4v) is 2.56. The average molecular weight is 266 g/mol. The maximum Gasteiger partial charge on any atom is 0.329 e. The van der Waals surface area contributed by atoms with E-state index in [1.807, 2.05) is 0 Å². The van der Waals surface area contributed by atoms with E-state index in [1.165, 1.54) is 11.0 Å². The van der Waals surface area contributed by atoms with E-state index in [4.69, 9.17) is 0 Å². The van der Waals surface area contributed by atoms with Gasteiger partial charge in [0.15, 0.2) is 0 Å². The molecule has 102 valence electrons. The lowest BCUT2D eigenvalue weighted by Gasteiger charge is -2.33. The number of likely N-dealkylation sites (tertiary alicyclic amines) is 1. The summed E-state index contributed by atoms with van der Waals surface area (Å²) < 4.78 is 12.8. The van der Waals surface area contributed by atoms with Crippen molar-refractivity contribution in [3.63, 3.8) is 0 Å². The number of amides is 1. The lowest BCUT2D eigenvalue weighted by Crippen LogP contribution is -2.52. The summed E-state index contributed by atoms with van der Waals surface area (Å²) in [6.45, 7) is 2.13. The van der Waals surface area contributed by atoms with Gasteiger partial charge >= 0.3 is 5.97 Å². The fraction of sp³-hybridized carbons (Fsp3) is 0.462. The highest BCUT2D eigenvalue weighted by Gasteiger charge is 2.48. The lowest BCUT2D eigenvalue weighted by atomic mass is 9.93. The number of aromatic nitrogens is 1. The van der Waals surface area contributed by atoms with Gasteiger partial charge in [0.1, 0.15) is 17.1 Å². The van der Waals surface area contributed by atoms with Gasteiger partial charge in [-0.25, -0.2) is 14.2 Å². The van der Waals surface area contributed by atoms with Crippen molar-refractivity contribution in [1.29, 1.82) is 0 Å². The zero-order valence-electron chi connectivity index (χ0n) is 10.6. The average Bonchev–Trinajstić information content (AvgIpc) is 2.83. The predicted octanol–water partition coefficient (Wildman–Crippen LogP) is 1.69. The van der Waals surface area contributed by atoms with E-state index >= 15 is 0 Å². The summed E-state index contributed by atoms with van der Waals surface area (Å²) in [6, 6.07) is 2.42. The minimum atomic E-state index is -1.16. The first-order valence-corrected chi connectivity index (χ1v) is 6.18. The minimum Gasteiger partial charge on any atom is -0.479 e. The van der Waals surface area contributed by atoms with E-state index in [-0.39, 0.29) is 5.69 Å². The zero-order valence-corrected chi connectivity index (χ0v) is 10.6. The molecule has 2 heterocycles. The number of nitrogens with zero attached hydrogens (tertiary/aromatic N) is 2. The second kappa shape index (κ2) is 4.95. The number of carboxylic acid groups (broad SMARTS) is 1. The number of carboxylic acids is 1. The molecule has 1 saturated heterocycles. The molecule has 0 saturated carbocycles. The minimum absolute atomic E-state index is 0.0716. The molecule has 0 aromatic carbocycles. The van der Waals surface area contributed by atoms with Gasteiger partial charge in [-0.3, -0.25) is 4.79 Å². The zero-order chi connectivity index (χ0) is 14.0. The number of hydrogen-bond acceptors (Lipinski definition) is 3. The molecule has 0 radical (unpaired) electrons. The van der Waals surface area contributed by atoms with Gasteiger partial charge in [-0.2, -0.15) is 0 Å². The summed E-state index contributed by atoms with van der Waals surface area (Å²) in [5, 5.41) is 9.40.